The Balaban J connectivity index is 2.82. The predicted octanol–water partition coefficient (Wildman–Crippen LogP) is 2.88. The Bertz CT molecular complexity index is 478. The molecule has 0 aliphatic rings. The third-order valence-corrected chi connectivity index (χ3v) is 2.42. The topological polar surface area (TPSA) is 32.9 Å². The fraction of sp³-hybridized carbons (Fsp3) is 0. The van der Waals surface area contributed by atoms with E-state index in [1.54, 1.807) is 6.07 Å². The fourth-order valence-corrected chi connectivity index (χ4v) is 1.80. The van der Waals surface area contributed by atoms with Gasteiger partial charge in [-0.25, -0.2) is 4.39 Å². The standard InChI is InChI=1S/C9H5BrFNO/c10-8-3-6(11)1-5-2-7(4-13)12-9(5)8/h1-4,12H. The number of aromatic nitrogens is 1. The van der Waals surface area contributed by atoms with Crippen molar-refractivity contribution >= 4 is 33.1 Å². The molecule has 0 spiro atoms. The number of hydrogen-bond donors (Lipinski definition) is 1. The third-order valence-electron chi connectivity index (χ3n) is 1.79. The van der Waals surface area contributed by atoms with Crippen LogP contribution < -0.4 is 0 Å². The lowest BCUT2D eigenvalue weighted by atomic mass is 10.2. The van der Waals surface area contributed by atoms with Crippen LogP contribution in [0.5, 0.6) is 0 Å². The van der Waals surface area contributed by atoms with Crippen molar-refractivity contribution in [2.75, 3.05) is 0 Å². The van der Waals surface area contributed by atoms with Gasteiger partial charge in [-0.1, -0.05) is 0 Å². The van der Waals surface area contributed by atoms with Gasteiger partial charge in [0.1, 0.15) is 5.82 Å². The lowest BCUT2D eigenvalue weighted by molar-refractivity contribution is 0.112. The smallest absolute Gasteiger partial charge is 0.166 e. The van der Waals surface area contributed by atoms with E-state index in [0.29, 0.717) is 21.8 Å². The average molecular weight is 242 g/mol. The second kappa shape index (κ2) is 2.96. The summed E-state index contributed by atoms with van der Waals surface area (Å²) >= 11 is 3.20. The van der Waals surface area contributed by atoms with Gasteiger partial charge in [-0.05, 0) is 34.1 Å². The maximum absolute atomic E-state index is 12.9. The molecule has 2 aromatic rings. The van der Waals surface area contributed by atoms with E-state index in [-0.39, 0.29) is 5.82 Å². The molecule has 0 bridgehead atoms. The summed E-state index contributed by atoms with van der Waals surface area (Å²) in [7, 11) is 0. The van der Waals surface area contributed by atoms with Crippen LogP contribution in [0, 0.1) is 5.82 Å². The lowest BCUT2D eigenvalue weighted by Crippen LogP contribution is -1.77. The van der Waals surface area contributed by atoms with Gasteiger partial charge in [-0.15, -0.1) is 0 Å². The summed E-state index contributed by atoms with van der Waals surface area (Å²) in [5, 5.41) is 0.689. The highest BCUT2D eigenvalue weighted by atomic mass is 79.9. The van der Waals surface area contributed by atoms with Gasteiger partial charge in [0, 0.05) is 9.86 Å². The number of halogens is 2. The monoisotopic (exact) mass is 241 g/mol. The van der Waals surface area contributed by atoms with Crippen molar-refractivity contribution in [3.63, 3.8) is 0 Å². The second-order valence-electron chi connectivity index (χ2n) is 2.69. The summed E-state index contributed by atoms with van der Waals surface area (Å²) < 4.78 is 13.5. The predicted molar refractivity (Wildman–Crippen MR) is 51.3 cm³/mol. The Morgan fingerprint density at radius 3 is 2.85 bits per heavy atom. The van der Waals surface area contributed by atoms with E-state index in [1.807, 2.05) is 0 Å². The van der Waals surface area contributed by atoms with E-state index in [1.165, 1.54) is 12.1 Å². The van der Waals surface area contributed by atoms with Crippen molar-refractivity contribution in [2.45, 2.75) is 0 Å². The van der Waals surface area contributed by atoms with Crippen molar-refractivity contribution in [3.05, 3.63) is 34.2 Å². The number of hydrogen-bond acceptors (Lipinski definition) is 1. The number of fused-ring (bicyclic) bond motifs is 1. The van der Waals surface area contributed by atoms with Crippen molar-refractivity contribution in [1.29, 1.82) is 0 Å². The van der Waals surface area contributed by atoms with Crippen molar-refractivity contribution in [2.24, 2.45) is 0 Å². The zero-order valence-electron chi connectivity index (χ0n) is 6.47. The molecule has 0 unspecified atom stereocenters. The molecule has 2 nitrogen and oxygen atoms in total. The minimum absolute atomic E-state index is 0.323. The summed E-state index contributed by atoms with van der Waals surface area (Å²) in [6.07, 6.45) is 0.699. The number of aldehydes is 1. The van der Waals surface area contributed by atoms with Gasteiger partial charge >= 0.3 is 0 Å². The molecular weight excluding hydrogens is 237 g/mol. The molecular formula is C9H5BrFNO. The van der Waals surface area contributed by atoms with Gasteiger partial charge in [-0.2, -0.15) is 0 Å². The highest BCUT2D eigenvalue weighted by Gasteiger charge is 2.05. The number of carbonyl (C=O) groups is 1. The molecule has 0 radical (unpaired) electrons. The molecule has 1 aromatic carbocycles. The average Bonchev–Trinajstić information content (AvgIpc) is 2.47. The molecule has 13 heavy (non-hydrogen) atoms. The highest BCUT2D eigenvalue weighted by Crippen LogP contribution is 2.24. The Kier molecular flexibility index (Phi) is 1.92. The molecule has 0 fully saturated rings. The van der Waals surface area contributed by atoms with Crippen LogP contribution in [0.15, 0.2) is 22.7 Å². The first kappa shape index (κ1) is 8.44. The minimum atomic E-state index is -0.323. The lowest BCUT2D eigenvalue weighted by Gasteiger charge is -1.93. The van der Waals surface area contributed by atoms with Crippen molar-refractivity contribution in [3.8, 4) is 0 Å². The van der Waals surface area contributed by atoms with E-state index in [0.717, 1.165) is 5.52 Å². The Labute approximate surface area is 81.9 Å². The van der Waals surface area contributed by atoms with E-state index in [2.05, 4.69) is 20.9 Å². The summed E-state index contributed by atoms with van der Waals surface area (Å²) in [5.74, 6) is -0.323. The molecule has 1 N–H and O–H groups in total. The van der Waals surface area contributed by atoms with Gasteiger partial charge < -0.3 is 4.98 Å². The Morgan fingerprint density at radius 1 is 1.38 bits per heavy atom. The molecule has 0 amide bonds. The van der Waals surface area contributed by atoms with Crippen LogP contribution in [0.4, 0.5) is 4.39 Å². The molecule has 0 aliphatic heterocycles. The second-order valence-corrected chi connectivity index (χ2v) is 3.55. The maximum atomic E-state index is 12.9. The highest BCUT2D eigenvalue weighted by molar-refractivity contribution is 9.10. The zero-order chi connectivity index (χ0) is 9.42. The van der Waals surface area contributed by atoms with Crippen molar-refractivity contribution in [1.82, 2.24) is 4.98 Å². The van der Waals surface area contributed by atoms with Gasteiger partial charge in [-0.3, -0.25) is 4.79 Å². The maximum Gasteiger partial charge on any atom is 0.166 e. The Morgan fingerprint density at radius 2 is 2.15 bits per heavy atom. The molecule has 66 valence electrons. The van der Waals surface area contributed by atoms with Crippen LogP contribution in [0.3, 0.4) is 0 Å². The molecule has 0 saturated carbocycles. The van der Waals surface area contributed by atoms with Crippen LogP contribution >= 0.6 is 15.9 Å². The molecule has 0 atom stereocenters. The molecule has 2 rings (SSSR count). The number of benzene rings is 1. The van der Waals surface area contributed by atoms with Crippen LogP contribution in [-0.2, 0) is 0 Å². The first-order valence-corrected chi connectivity index (χ1v) is 4.43. The third kappa shape index (κ3) is 1.37. The number of rotatable bonds is 1. The molecule has 0 aliphatic carbocycles. The van der Waals surface area contributed by atoms with Crippen LogP contribution in [-0.4, -0.2) is 11.3 Å². The van der Waals surface area contributed by atoms with Gasteiger partial charge in [0.05, 0.1) is 11.2 Å². The van der Waals surface area contributed by atoms with E-state index in [4.69, 9.17) is 0 Å². The first-order valence-electron chi connectivity index (χ1n) is 3.63. The number of aromatic amines is 1. The summed E-state index contributed by atoms with van der Waals surface area (Å²) in [4.78, 5) is 13.3. The van der Waals surface area contributed by atoms with Crippen molar-refractivity contribution < 1.29 is 9.18 Å². The van der Waals surface area contributed by atoms with Gasteiger partial charge in [0.25, 0.3) is 0 Å². The van der Waals surface area contributed by atoms with E-state index in [9.17, 15) is 9.18 Å². The minimum Gasteiger partial charge on any atom is -0.351 e. The number of nitrogens with one attached hydrogen (secondary N) is 1. The molecule has 4 heteroatoms. The normalized spacial score (nSPS) is 10.6. The molecule has 1 heterocycles. The van der Waals surface area contributed by atoms with Crippen LogP contribution in [0.25, 0.3) is 10.9 Å². The first-order chi connectivity index (χ1) is 6.20. The quantitative estimate of drug-likeness (QED) is 0.766. The molecule has 1 aromatic heterocycles. The van der Waals surface area contributed by atoms with Crippen LogP contribution in [0.1, 0.15) is 10.5 Å². The molecule has 0 saturated heterocycles. The summed E-state index contributed by atoms with van der Waals surface area (Å²) in [6, 6.07) is 4.34. The summed E-state index contributed by atoms with van der Waals surface area (Å²) in [6.45, 7) is 0. The largest absolute Gasteiger partial charge is 0.351 e. The van der Waals surface area contributed by atoms with E-state index < -0.39 is 0 Å². The SMILES string of the molecule is O=Cc1cc2cc(F)cc(Br)c2[nH]1. The number of H-pyrrole nitrogens is 1. The number of carbonyl (C=O) groups excluding carboxylic acids is 1. The van der Waals surface area contributed by atoms with E-state index >= 15 is 0 Å². The summed E-state index contributed by atoms with van der Waals surface area (Å²) in [5.41, 5.74) is 1.19. The van der Waals surface area contributed by atoms with Crippen LogP contribution in [0.2, 0.25) is 0 Å². The fourth-order valence-electron chi connectivity index (χ4n) is 1.25. The zero-order valence-corrected chi connectivity index (χ0v) is 8.06. The van der Waals surface area contributed by atoms with Gasteiger partial charge in [0.15, 0.2) is 6.29 Å². The Hall–Kier alpha value is -1.16. The van der Waals surface area contributed by atoms with Gasteiger partial charge in [0.2, 0.25) is 0 Å².